The SMILES string of the molecule is CC(CF)O[C]=O. The number of ether oxygens (including phenoxy) is 1. The van der Waals surface area contributed by atoms with Crippen molar-refractivity contribution >= 4 is 6.47 Å². The molecule has 0 rings (SSSR count). The maximum Gasteiger partial charge on any atom is 0.417 e. The monoisotopic (exact) mass is 105 g/mol. The van der Waals surface area contributed by atoms with Crippen molar-refractivity contribution in [3.05, 3.63) is 0 Å². The molecule has 0 N–H and O–H groups in total. The lowest BCUT2D eigenvalue weighted by molar-refractivity contribution is 0.160. The summed E-state index contributed by atoms with van der Waals surface area (Å²) >= 11 is 0. The topological polar surface area (TPSA) is 26.3 Å². The van der Waals surface area contributed by atoms with Crippen LogP contribution in [0.25, 0.3) is 0 Å². The van der Waals surface area contributed by atoms with Crippen molar-refractivity contribution in [1.29, 1.82) is 0 Å². The van der Waals surface area contributed by atoms with E-state index in [1.165, 1.54) is 6.92 Å². The lowest BCUT2D eigenvalue weighted by atomic mass is 10.5. The molecule has 2 nitrogen and oxygen atoms in total. The molecule has 0 amide bonds. The molecular weight excluding hydrogens is 99.0 g/mol. The van der Waals surface area contributed by atoms with Crippen LogP contribution in [0.2, 0.25) is 0 Å². The van der Waals surface area contributed by atoms with E-state index in [1.54, 1.807) is 0 Å². The van der Waals surface area contributed by atoms with Crippen LogP contribution in [0.3, 0.4) is 0 Å². The highest BCUT2D eigenvalue weighted by Crippen LogP contribution is 1.85. The van der Waals surface area contributed by atoms with Crippen LogP contribution >= 0.6 is 0 Å². The van der Waals surface area contributed by atoms with Gasteiger partial charge in [0.05, 0.1) is 0 Å². The molecule has 0 aliphatic rings. The Bertz CT molecular complexity index is 55.7. The molecule has 0 saturated carbocycles. The Kier molecular flexibility index (Phi) is 3.28. The summed E-state index contributed by atoms with van der Waals surface area (Å²) in [5.41, 5.74) is 0. The number of carbonyl (C=O) groups excluding carboxylic acids is 1. The summed E-state index contributed by atoms with van der Waals surface area (Å²) in [6, 6.07) is 0. The summed E-state index contributed by atoms with van der Waals surface area (Å²) in [6.45, 7) is 1.93. The fraction of sp³-hybridized carbons (Fsp3) is 0.750. The molecule has 0 bridgehead atoms. The highest BCUT2D eigenvalue weighted by molar-refractivity contribution is 5.38. The quantitative estimate of drug-likeness (QED) is 0.520. The summed E-state index contributed by atoms with van der Waals surface area (Å²) in [5, 5.41) is 0. The molecule has 0 fully saturated rings. The van der Waals surface area contributed by atoms with Crippen LogP contribution in [-0.4, -0.2) is 19.3 Å². The van der Waals surface area contributed by atoms with E-state index < -0.39 is 12.8 Å². The van der Waals surface area contributed by atoms with E-state index in [2.05, 4.69) is 4.74 Å². The van der Waals surface area contributed by atoms with Crippen molar-refractivity contribution in [2.75, 3.05) is 6.67 Å². The molecule has 0 aliphatic heterocycles. The third-order valence-electron chi connectivity index (χ3n) is 0.467. The maximum atomic E-state index is 11.3. The second-order valence-electron chi connectivity index (χ2n) is 1.17. The van der Waals surface area contributed by atoms with Crippen LogP contribution in [0.5, 0.6) is 0 Å². The Balaban J connectivity index is 2.98. The zero-order chi connectivity index (χ0) is 5.70. The molecule has 1 radical (unpaired) electrons. The van der Waals surface area contributed by atoms with Crippen LogP contribution in [0.1, 0.15) is 6.92 Å². The van der Waals surface area contributed by atoms with Crippen LogP contribution in [0, 0.1) is 0 Å². The summed E-state index contributed by atoms with van der Waals surface area (Å²) in [7, 11) is 0. The Morgan fingerprint density at radius 1 is 2.00 bits per heavy atom. The van der Waals surface area contributed by atoms with Gasteiger partial charge < -0.3 is 4.74 Å². The van der Waals surface area contributed by atoms with Gasteiger partial charge >= 0.3 is 6.47 Å². The second kappa shape index (κ2) is 3.59. The lowest BCUT2D eigenvalue weighted by Crippen LogP contribution is -2.07. The Morgan fingerprint density at radius 2 is 2.57 bits per heavy atom. The molecule has 0 aromatic heterocycles. The predicted molar refractivity (Wildman–Crippen MR) is 22.2 cm³/mol. The van der Waals surface area contributed by atoms with Gasteiger partial charge in [0, 0.05) is 0 Å². The maximum absolute atomic E-state index is 11.3. The van der Waals surface area contributed by atoms with Gasteiger partial charge in [0.25, 0.3) is 0 Å². The normalized spacial score (nSPS) is 12.9. The number of halogens is 1. The van der Waals surface area contributed by atoms with Crippen molar-refractivity contribution in [2.45, 2.75) is 13.0 Å². The first-order valence-corrected chi connectivity index (χ1v) is 1.90. The number of hydrogen-bond donors (Lipinski definition) is 0. The van der Waals surface area contributed by atoms with E-state index >= 15 is 0 Å². The molecule has 41 valence electrons. The third kappa shape index (κ3) is 3.22. The van der Waals surface area contributed by atoms with E-state index in [0.717, 1.165) is 6.47 Å². The summed E-state index contributed by atoms with van der Waals surface area (Å²) in [5.74, 6) is 0. The highest BCUT2D eigenvalue weighted by atomic mass is 19.1. The van der Waals surface area contributed by atoms with Crippen molar-refractivity contribution in [1.82, 2.24) is 0 Å². The van der Waals surface area contributed by atoms with Gasteiger partial charge in [-0.3, -0.25) is 0 Å². The fourth-order valence-electron chi connectivity index (χ4n) is 0.114. The lowest BCUT2D eigenvalue weighted by Gasteiger charge is -1.98. The zero-order valence-electron chi connectivity index (χ0n) is 3.98. The van der Waals surface area contributed by atoms with Gasteiger partial charge in [-0.05, 0) is 6.92 Å². The standard InChI is InChI=1S/C4H6FO2/c1-4(2-5)7-3-6/h4H,2H2,1H3. The van der Waals surface area contributed by atoms with Crippen molar-refractivity contribution in [3.63, 3.8) is 0 Å². The first kappa shape index (κ1) is 6.40. The van der Waals surface area contributed by atoms with Gasteiger partial charge in [-0.25, -0.2) is 9.18 Å². The molecule has 1 atom stereocenters. The fourth-order valence-corrected chi connectivity index (χ4v) is 0.114. The van der Waals surface area contributed by atoms with Gasteiger partial charge in [-0.15, -0.1) is 0 Å². The van der Waals surface area contributed by atoms with E-state index in [4.69, 9.17) is 0 Å². The molecule has 0 heterocycles. The molecule has 0 aliphatic carbocycles. The Hall–Kier alpha value is -0.600. The van der Waals surface area contributed by atoms with Gasteiger partial charge in [-0.2, -0.15) is 0 Å². The van der Waals surface area contributed by atoms with Crippen LogP contribution in [0.15, 0.2) is 0 Å². The second-order valence-corrected chi connectivity index (χ2v) is 1.17. The van der Waals surface area contributed by atoms with Gasteiger partial charge in [-0.1, -0.05) is 0 Å². The van der Waals surface area contributed by atoms with E-state index in [1.807, 2.05) is 0 Å². The molecule has 0 spiro atoms. The molecule has 7 heavy (non-hydrogen) atoms. The number of hydrogen-bond acceptors (Lipinski definition) is 2. The summed E-state index contributed by atoms with van der Waals surface area (Å²) in [6.07, 6.45) is -0.641. The minimum absolute atomic E-state index is 0.641. The first-order chi connectivity index (χ1) is 3.31. The third-order valence-corrected chi connectivity index (χ3v) is 0.467. The zero-order valence-corrected chi connectivity index (χ0v) is 3.98. The van der Waals surface area contributed by atoms with Gasteiger partial charge in [0.2, 0.25) is 0 Å². The minimum atomic E-state index is -0.644. The van der Waals surface area contributed by atoms with Crippen LogP contribution in [-0.2, 0) is 9.53 Å². The first-order valence-electron chi connectivity index (χ1n) is 1.90. The average Bonchev–Trinajstić information content (AvgIpc) is 1.68. The van der Waals surface area contributed by atoms with Crippen molar-refractivity contribution in [2.24, 2.45) is 0 Å². The summed E-state index contributed by atoms with van der Waals surface area (Å²) in [4.78, 5) is 9.26. The number of rotatable bonds is 3. The van der Waals surface area contributed by atoms with E-state index in [0.29, 0.717) is 0 Å². The van der Waals surface area contributed by atoms with Crippen LogP contribution < -0.4 is 0 Å². The molecule has 0 saturated heterocycles. The van der Waals surface area contributed by atoms with Crippen LogP contribution in [0.4, 0.5) is 4.39 Å². The number of alkyl halides is 1. The molecule has 0 aromatic carbocycles. The van der Waals surface area contributed by atoms with E-state index in [-0.39, 0.29) is 0 Å². The minimum Gasteiger partial charge on any atom is -0.451 e. The molecular formula is C4H6FO2. The molecule has 3 heteroatoms. The van der Waals surface area contributed by atoms with Crippen molar-refractivity contribution < 1.29 is 13.9 Å². The Labute approximate surface area is 41.3 Å². The summed E-state index contributed by atoms with van der Waals surface area (Å²) < 4.78 is 15.3. The molecule has 1 unspecified atom stereocenters. The predicted octanol–water partition coefficient (Wildman–Crippen LogP) is 0.428. The van der Waals surface area contributed by atoms with E-state index in [9.17, 15) is 9.18 Å². The van der Waals surface area contributed by atoms with Gasteiger partial charge in [0.15, 0.2) is 0 Å². The highest BCUT2D eigenvalue weighted by Gasteiger charge is 1.96. The van der Waals surface area contributed by atoms with Gasteiger partial charge in [0.1, 0.15) is 12.8 Å². The Morgan fingerprint density at radius 3 is 2.71 bits per heavy atom. The van der Waals surface area contributed by atoms with Crippen molar-refractivity contribution in [3.8, 4) is 0 Å². The largest absolute Gasteiger partial charge is 0.451 e. The molecule has 0 aromatic rings. The smallest absolute Gasteiger partial charge is 0.417 e. The average molecular weight is 105 g/mol.